The first-order valence-corrected chi connectivity index (χ1v) is 6.99. The predicted molar refractivity (Wildman–Crippen MR) is 76.5 cm³/mol. The Morgan fingerprint density at radius 1 is 1.47 bits per heavy atom. The van der Waals surface area contributed by atoms with E-state index in [1.807, 2.05) is 25.5 Å². The maximum absolute atomic E-state index is 10.7. The van der Waals surface area contributed by atoms with Crippen LogP contribution < -0.4 is 10.1 Å². The van der Waals surface area contributed by atoms with E-state index >= 15 is 0 Å². The summed E-state index contributed by atoms with van der Waals surface area (Å²) in [7, 11) is 1.61. The van der Waals surface area contributed by atoms with E-state index in [0.29, 0.717) is 12.2 Å². The van der Waals surface area contributed by atoms with Gasteiger partial charge in [0, 0.05) is 6.04 Å². The van der Waals surface area contributed by atoms with Crippen molar-refractivity contribution < 1.29 is 9.84 Å². The molecule has 1 aromatic heterocycles. The lowest BCUT2D eigenvalue weighted by atomic mass is 9.97. The maximum Gasteiger partial charge on any atom is 0.162 e. The molecule has 19 heavy (non-hydrogen) atoms. The van der Waals surface area contributed by atoms with Gasteiger partial charge in [0.05, 0.1) is 13.3 Å². The van der Waals surface area contributed by atoms with E-state index in [4.69, 9.17) is 4.74 Å². The monoisotopic (exact) mass is 269 g/mol. The average molecular weight is 269 g/mol. The van der Waals surface area contributed by atoms with Crippen LogP contribution in [0.25, 0.3) is 0 Å². The fourth-order valence-electron chi connectivity index (χ4n) is 2.15. The average Bonchev–Trinajstić information content (AvgIpc) is 2.79. The topological polar surface area (TPSA) is 59.3 Å². The van der Waals surface area contributed by atoms with E-state index in [0.717, 1.165) is 25.2 Å². The number of nitrogens with one attached hydrogen (secondary N) is 1. The zero-order valence-electron chi connectivity index (χ0n) is 12.7. The Kier molecular flexibility index (Phi) is 5.82. The van der Waals surface area contributed by atoms with Gasteiger partial charge in [-0.25, -0.2) is 0 Å². The summed E-state index contributed by atoms with van der Waals surface area (Å²) in [4.78, 5) is 0. The van der Waals surface area contributed by atoms with Gasteiger partial charge >= 0.3 is 0 Å². The summed E-state index contributed by atoms with van der Waals surface area (Å²) in [5.74, 6) is 0.647. The van der Waals surface area contributed by atoms with E-state index in [-0.39, 0.29) is 6.04 Å². The molecule has 110 valence electrons. The number of rotatable bonds is 8. The smallest absolute Gasteiger partial charge is 0.162 e. The van der Waals surface area contributed by atoms with Crippen molar-refractivity contribution in [2.24, 2.45) is 0 Å². The van der Waals surface area contributed by atoms with Crippen molar-refractivity contribution in [1.29, 1.82) is 0 Å². The number of aliphatic hydroxyl groups is 1. The highest BCUT2D eigenvalue weighted by atomic mass is 16.5. The van der Waals surface area contributed by atoms with E-state index < -0.39 is 5.60 Å². The second-order valence-electron chi connectivity index (χ2n) is 5.37. The highest BCUT2D eigenvalue weighted by Gasteiger charge is 2.31. The molecule has 0 spiro atoms. The van der Waals surface area contributed by atoms with Gasteiger partial charge in [0.2, 0.25) is 0 Å². The predicted octanol–water partition coefficient (Wildman–Crippen LogP) is 2.07. The lowest BCUT2D eigenvalue weighted by molar-refractivity contribution is 0.0349. The molecule has 1 heterocycles. The van der Waals surface area contributed by atoms with Gasteiger partial charge in [-0.05, 0) is 46.7 Å². The Morgan fingerprint density at radius 2 is 2.16 bits per heavy atom. The molecular weight excluding hydrogens is 242 g/mol. The standard InChI is InChI=1S/C14H27N3O2/c1-6-8-15-9-7-14(4,18)13-12(19-5)10-16-17(13)11(2)3/h10-11,15,18H,6-9H2,1-5H3. The van der Waals surface area contributed by atoms with Gasteiger partial charge in [-0.2, -0.15) is 5.10 Å². The normalized spacial score (nSPS) is 14.7. The van der Waals surface area contributed by atoms with Gasteiger partial charge in [0.15, 0.2) is 5.75 Å². The third-order valence-corrected chi connectivity index (χ3v) is 3.20. The van der Waals surface area contributed by atoms with E-state index in [2.05, 4.69) is 17.3 Å². The number of hydrogen-bond donors (Lipinski definition) is 2. The molecule has 0 aromatic carbocycles. The molecular formula is C14H27N3O2. The summed E-state index contributed by atoms with van der Waals surface area (Å²) in [5, 5.41) is 18.4. The molecule has 1 atom stereocenters. The lowest BCUT2D eigenvalue weighted by Gasteiger charge is -2.26. The third kappa shape index (κ3) is 3.94. The fraction of sp³-hybridized carbons (Fsp3) is 0.786. The van der Waals surface area contributed by atoms with Gasteiger partial charge in [-0.1, -0.05) is 6.92 Å². The number of aromatic nitrogens is 2. The Morgan fingerprint density at radius 3 is 2.68 bits per heavy atom. The summed E-state index contributed by atoms with van der Waals surface area (Å²) in [5.41, 5.74) is -0.198. The number of hydrogen-bond acceptors (Lipinski definition) is 4. The molecule has 0 aliphatic heterocycles. The van der Waals surface area contributed by atoms with Crippen molar-refractivity contribution in [1.82, 2.24) is 15.1 Å². The quantitative estimate of drug-likeness (QED) is 0.709. The molecule has 0 amide bonds. The Labute approximate surface area is 116 Å². The first kappa shape index (κ1) is 16.0. The number of ether oxygens (including phenoxy) is 1. The minimum Gasteiger partial charge on any atom is -0.493 e. The van der Waals surface area contributed by atoms with E-state index in [1.54, 1.807) is 13.3 Å². The van der Waals surface area contributed by atoms with Crippen LogP contribution in [-0.4, -0.2) is 35.1 Å². The van der Waals surface area contributed by atoms with Gasteiger partial charge in [-0.15, -0.1) is 0 Å². The second kappa shape index (κ2) is 6.91. The van der Waals surface area contributed by atoms with Crippen LogP contribution in [0.2, 0.25) is 0 Å². The summed E-state index contributed by atoms with van der Waals surface area (Å²) in [6.45, 7) is 9.77. The van der Waals surface area contributed by atoms with E-state index in [1.165, 1.54) is 0 Å². The molecule has 0 aliphatic rings. The second-order valence-corrected chi connectivity index (χ2v) is 5.37. The molecule has 1 rings (SSSR count). The highest BCUT2D eigenvalue weighted by Crippen LogP contribution is 2.33. The van der Waals surface area contributed by atoms with Crippen molar-refractivity contribution in [3.05, 3.63) is 11.9 Å². The molecule has 0 aliphatic carbocycles. The summed E-state index contributed by atoms with van der Waals surface area (Å²) in [6, 6.07) is 0.189. The number of nitrogens with zero attached hydrogens (tertiary/aromatic N) is 2. The van der Waals surface area contributed by atoms with Crippen LogP contribution in [-0.2, 0) is 5.60 Å². The fourth-order valence-corrected chi connectivity index (χ4v) is 2.15. The zero-order chi connectivity index (χ0) is 14.5. The summed E-state index contributed by atoms with van der Waals surface area (Å²) in [6.07, 6.45) is 3.39. The molecule has 5 heteroatoms. The van der Waals surface area contributed by atoms with Crippen LogP contribution in [0, 0.1) is 0 Å². The summed E-state index contributed by atoms with van der Waals surface area (Å²) < 4.78 is 7.16. The van der Waals surface area contributed by atoms with Crippen LogP contribution in [0.5, 0.6) is 5.75 Å². The molecule has 2 N–H and O–H groups in total. The molecule has 0 saturated carbocycles. The van der Waals surface area contributed by atoms with Gasteiger partial charge < -0.3 is 15.2 Å². The van der Waals surface area contributed by atoms with Crippen LogP contribution in [0.15, 0.2) is 6.20 Å². The Hall–Kier alpha value is -1.07. The van der Waals surface area contributed by atoms with Crippen molar-refractivity contribution in [2.75, 3.05) is 20.2 Å². The van der Waals surface area contributed by atoms with Crippen molar-refractivity contribution in [2.45, 2.75) is 52.2 Å². The zero-order valence-corrected chi connectivity index (χ0v) is 12.7. The van der Waals surface area contributed by atoms with Crippen molar-refractivity contribution >= 4 is 0 Å². The lowest BCUT2D eigenvalue weighted by Crippen LogP contribution is -2.31. The van der Waals surface area contributed by atoms with Crippen molar-refractivity contribution in [3.8, 4) is 5.75 Å². The van der Waals surface area contributed by atoms with E-state index in [9.17, 15) is 5.11 Å². The first-order chi connectivity index (χ1) is 8.94. The Bertz CT molecular complexity index is 386. The van der Waals surface area contributed by atoms with Crippen LogP contribution in [0.3, 0.4) is 0 Å². The van der Waals surface area contributed by atoms with Gasteiger partial charge in [0.25, 0.3) is 0 Å². The largest absolute Gasteiger partial charge is 0.493 e. The molecule has 0 saturated heterocycles. The van der Waals surface area contributed by atoms with Gasteiger partial charge in [0.1, 0.15) is 11.3 Å². The maximum atomic E-state index is 10.7. The SMILES string of the molecule is CCCNCCC(C)(O)c1c(OC)cnn1C(C)C. The minimum atomic E-state index is -0.952. The number of methoxy groups -OCH3 is 1. The third-order valence-electron chi connectivity index (χ3n) is 3.20. The molecule has 1 aromatic rings. The summed E-state index contributed by atoms with van der Waals surface area (Å²) >= 11 is 0. The molecule has 0 radical (unpaired) electrons. The van der Waals surface area contributed by atoms with Crippen LogP contribution in [0.1, 0.15) is 52.3 Å². The van der Waals surface area contributed by atoms with Gasteiger partial charge in [-0.3, -0.25) is 4.68 Å². The molecule has 1 unspecified atom stereocenters. The van der Waals surface area contributed by atoms with Crippen molar-refractivity contribution in [3.63, 3.8) is 0 Å². The molecule has 5 nitrogen and oxygen atoms in total. The molecule has 0 bridgehead atoms. The Balaban J connectivity index is 2.88. The minimum absolute atomic E-state index is 0.189. The van der Waals surface area contributed by atoms with Crippen LogP contribution in [0.4, 0.5) is 0 Å². The first-order valence-electron chi connectivity index (χ1n) is 6.99. The molecule has 0 fully saturated rings. The van der Waals surface area contributed by atoms with Crippen LogP contribution >= 0.6 is 0 Å². The highest BCUT2D eigenvalue weighted by molar-refractivity contribution is 5.30.